The summed E-state index contributed by atoms with van der Waals surface area (Å²) in [6, 6.07) is 5.08. The molecule has 1 aromatic carbocycles. The van der Waals surface area contributed by atoms with Crippen molar-refractivity contribution in [1.29, 1.82) is 0 Å². The van der Waals surface area contributed by atoms with Gasteiger partial charge < -0.3 is 14.9 Å². The number of aliphatic hydroxyl groups is 1. The van der Waals surface area contributed by atoms with Crippen molar-refractivity contribution < 1.29 is 19.7 Å². The minimum absolute atomic E-state index is 0.00552. The predicted octanol–water partition coefficient (Wildman–Crippen LogP) is 4.57. The molecule has 25 heavy (non-hydrogen) atoms. The molecule has 1 aromatic rings. The summed E-state index contributed by atoms with van der Waals surface area (Å²) in [5.74, 6) is 0.499. The Bertz CT molecular complexity index is 537. The molecule has 0 unspecified atom stereocenters. The molecule has 0 spiro atoms. The number of aliphatic hydroxyl groups excluding tert-OH is 1. The van der Waals surface area contributed by atoms with E-state index in [9.17, 15) is 15.0 Å². The fraction of sp³-hybridized carbons (Fsp3) is 0.571. The van der Waals surface area contributed by atoms with Crippen LogP contribution >= 0.6 is 0 Å². The van der Waals surface area contributed by atoms with Gasteiger partial charge in [0.25, 0.3) is 0 Å². The Kier molecular flexibility index (Phi) is 10.6. The third-order valence-corrected chi connectivity index (χ3v) is 4.26. The molecular weight excluding hydrogens is 316 g/mol. The number of allylic oxidation sites excluding steroid dienone is 1. The van der Waals surface area contributed by atoms with E-state index in [1.165, 1.54) is 38.9 Å². The lowest BCUT2D eigenvalue weighted by Gasteiger charge is -2.06. The third-order valence-electron chi connectivity index (χ3n) is 4.26. The molecule has 0 aliphatic heterocycles. The normalized spacial score (nSPS) is 12.4. The topological polar surface area (TPSA) is 66.8 Å². The molecule has 4 heteroatoms. The van der Waals surface area contributed by atoms with E-state index >= 15 is 0 Å². The molecule has 0 amide bonds. The molecule has 0 heterocycles. The first-order valence-electron chi connectivity index (χ1n) is 9.31. The third kappa shape index (κ3) is 9.30. The summed E-state index contributed by atoms with van der Waals surface area (Å²) in [6.45, 7) is 2.20. The number of carbonyl (C=O) groups is 1. The number of benzene rings is 1. The summed E-state index contributed by atoms with van der Waals surface area (Å²) < 4.78 is 5.06. The zero-order valence-corrected chi connectivity index (χ0v) is 15.5. The van der Waals surface area contributed by atoms with Crippen molar-refractivity contribution in [2.45, 2.75) is 70.8 Å². The van der Waals surface area contributed by atoms with Gasteiger partial charge in [-0.05, 0) is 36.6 Å². The van der Waals surface area contributed by atoms with Crippen molar-refractivity contribution in [1.82, 2.24) is 0 Å². The van der Waals surface area contributed by atoms with Crippen molar-refractivity contribution in [3.63, 3.8) is 0 Å². The molecular formula is C21H32O4. The fourth-order valence-electron chi connectivity index (χ4n) is 2.68. The maximum atomic E-state index is 11.9. The maximum Gasteiger partial charge on any atom is 0.160 e. The van der Waals surface area contributed by atoms with E-state index in [-0.39, 0.29) is 11.5 Å². The molecule has 0 saturated carbocycles. The van der Waals surface area contributed by atoms with Crippen LogP contribution in [0.2, 0.25) is 0 Å². The lowest BCUT2D eigenvalue weighted by atomic mass is 10.0. The molecule has 0 aliphatic rings. The first-order chi connectivity index (χ1) is 12.1. The molecule has 0 bridgehead atoms. The number of phenolic OH excluding ortho intramolecular Hbond substituents is 1. The van der Waals surface area contributed by atoms with Crippen molar-refractivity contribution in [3.8, 4) is 11.5 Å². The van der Waals surface area contributed by atoms with Crippen LogP contribution in [0.15, 0.2) is 30.4 Å². The second kappa shape index (κ2) is 12.5. The van der Waals surface area contributed by atoms with Gasteiger partial charge in [0.15, 0.2) is 17.3 Å². The van der Waals surface area contributed by atoms with Gasteiger partial charge in [-0.15, -0.1) is 0 Å². The van der Waals surface area contributed by atoms with Gasteiger partial charge >= 0.3 is 0 Å². The average molecular weight is 348 g/mol. The second-order valence-electron chi connectivity index (χ2n) is 6.46. The summed E-state index contributed by atoms with van der Waals surface area (Å²) >= 11 is 0. The summed E-state index contributed by atoms with van der Waals surface area (Å²) in [4.78, 5) is 11.9. The largest absolute Gasteiger partial charge is 0.504 e. The first kappa shape index (κ1) is 21.2. The van der Waals surface area contributed by atoms with Crippen molar-refractivity contribution in [2.24, 2.45) is 0 Å². The van der Waals surface area contributed by atoms with Crippen LogP contribution in [0.25, 0.3) is 0 Å². The Balaban J connectivity index is 2.25. The van der Waals surface area contributed by atoms with Crippen LogP contribution in [0.5, 0.6) is 11.5 Å². The van der Waals surface area contributed by atoms with Crippen LogP contribution in [-0.4, -0.2) is 29.2 Å². The highest BCUT2D eigenvalue weighted by atomic mass is 16.5. The molecule has 0 aromatic heterocycles. The Morgan fingerprint density at radius 1 is 1.20 bits per heavy atom. The van der Waals surface area contributed by atoms with E-state index < -0.39 is 6.10 Å². The van der Waals surface area contributed by atoms with Crippen molar-refractivity contribution in [2.75, 3.05) is 7.11 Å². The standard InChI is InChI=1S/C21H32O4/c1-3-4-5-6-7-8-9-18(22)13-14-19(23)12-10-17-11-15-20(24)21(16-17)25-2/h11,13-16,18,22,24H,3-10,12H2,1-2H3/t18-/m1/s1. The van der Waals surface area contributed by atoms with Gasteiger partial charge in [-0.2, -0.15) is 0 Å². The summed E-state index contributed by atoms with van der Waals surface area (Å²) in [5.41, 5.74) is 0.934. The number of aryl methyl sites for hydroxylation is 1. The molecule has 140 valence electrons. The van der Waals surface area contributed by atoms with Gasteiger partial charge in [0, 0.05) is 6.42 Å². The van der Waals surface area contributed by atoms with E-state index in [0.717, 1.165) is 18.4 Å². The maximum absolute atomic E-state index is 11.9. The molecule has 0 saturated heterocycles. The van der Waals surface area contributed by atoms with Crippen LogP contribution in [0.3, 0.4) is 0 Å². The number of hydrogen-bond acceptors (Lipinski definition) is 4. The van der Waals surface area contributed by atoms with Crippen molar-refractivity contribution >= 4 is 5.78 Å². The zero-order valence-electron chi connectivity index (χ0n) is 15.5. The minimum Gasteiger partial charge on any atom is -0.504 e. The summed E-state index contributed by atoms with van der Waals surface area (Å²) in [6.07, 6.45) is 11.4. The van der Waals surface area contributed by atoms with Crippen LogP contribution in [-0.2, 0) is 11.2 Å². The molecule has 0 radical (unpaired) electrons. The highest BCUT2D eigenvalue weighted by Gasteiger charge is 2.05. The number of methoxy groups -OCH3 is 1. The summed E-state index contributed by atoms with van der Waals surface area (Å²) in [5, 5.41) is 19.5. The van der Waals surface area contributed by atoms with E-state index in [1.54, 1.807) is 24.3 Å². The summed E-state index contributed by atoms with van der Waals surface area (Å²) in [7, 11) is 1.50. The Morgan fingerprint density at radius 2 is 1.92 bits per heavy atom. The van der Waals surface area contributed by atoms with Crippen LogP contribution < -0.4 is 4.74 Å². The molecule has 2 N–H and O–H groups in total. The Morgan fingerprint density at radius 3 is 2.64 bits per heavy atom. The van der Waals surface area contributed by atoms with Gasteiger partial charge in [0.2, 0.25) is 0 Å². The van der Waals surface area contributed by atoms with Crippen LogP contribution in [0, 0.1) is 0 Å². The Labute approximate surface area is 151 Å². The monoisotopic (exact) mass is 348 g/mol. The smallest absolute Gasteiger partial charge is 0.160 e. The van der Waals surface area contributed by atoms with E-state index in [2.05, 4.69) is 6.92 Å². The van der Waals surface area contributed by atoms with Crippen LogP contribution in [0.4, 0.5) is 0 Å². The molecule has 4 nitrogen and oxygen atoms in total. The molecule has 1 atom stereocenters. The van der Waals surface area contributed by atoms with Gasteiger partial charge in [-0.3, -0.25) is 4.79 Å². The van der Waals surface area contributed by atoms with Crippen LogP contribution in [0.1, 0.15) is 63.9 Å². The van der Waals surface area contributed by atoms with Gasteiger partial charge in [0.05, 0.1) is 13.2 Å². The van der Waals surface area contributed by atoms with Crippen molar-refractivity contribution in [3.05, 3.63) is 35.9 Å². The van der Waals surface area contributed by atoms with Gasteiger partial charge in [-0.25, -0.2) is 0 Å². The molecule has 0 fully saturated rings. The lowest BCUT2D eigenvalue weighted by molar-refractivity contribution is -0.114. The van der Waals surface area contributed by atoms with E-state index in [1.807, 2.05) is 0 Å². The predicted molar refractivity (Wildman–Crippen MR) is 101 cm³/mol. The molecule has 0 aliphatic carbocycles. The number of unbranched alkanes of at least 4 members (excludes halogenated alkanes) is 5. The number of aromatic hydroxyl groups is 1. The average Bonchev–Trinajstić information content (AvgIpc) is 2.62. The number of phenols is 1. The van der Waals surface area contributed by atoms with Gasteiger partial charge in [0.1, 0.15) is 0 Å². The quantitative estimate of drug-likeness (QED) is 0.405. The Hall–Kier alpha value is -1.81. The SMILES string of the molecule is CCCCCCCC[C@@H](O)C=CC(=O)CCc1ccc(O)c(OC)c1. The fourth-order valence-corrected chi connectivity index (χ4v) is 2.68. The minimum atomic E-state index is -0.538. The highest BCUT2D eigenvalue weighted by Crippen LogP contribution is 2.26. The zero-order chi connectivity index (χ0) is 18.5. The number of rotatable bonds is 13. The number of hydrogen-bond donors (Lipinski definition) is 2. The highest BCUT2D eigenvalue weighted by molar-refractivity contribution is 5.89. The second-order valence-corrected chi connectivity index (χ2v) is 6.46. The number of carbonyl (C=O) groups excluding carboxylic acids is 1. The molecule has 1 rings (SSSR count). The van der Waals surface area contributed by atoms with Gasteiger partial charge in [-0.1, -0.05) is 57.6 Å². The van der Waals surface area contributed by atoms with E-state index in [4.69, 9.17) is 4.74 Å². The number of ether oxygens (including phenoxy) is 1. The van der Waals surface area contributed by atoms with E-state index in [0.29, 0.717) is 25.0 Å². The first-order valence-corrected chi connectivity index (χ1v) is 9.31. The lowest BCUT2D eigenvalue weighted by Crippen LogP contribution is -2.04. The number of ketones is 1.